The van der Waals surface area contributed by atoms with Crippen molar-refractivity contribution >= 4 is 11.9 Å². The second kappa shape index (κ2) is 8.91. The van der Waals surface area contributed by atoms with Crippen LogP contribution in [-0.4, -0.2) is 54.8 Å². The number of quaternary nitrogens is 1. The van der Waals surface area contributed by atoms with Crippen LogP contribution < -0.4 is 0 Å². The van der Waals surface area contributed by atoms with Crippen LogP contribution >= 0.6 is 0 Å². The SMILES string of the molecule is CC[N+](C)(CC)CCOC(=O)CCCCC(=O)O. The molecule has 1 N–H and O–H groups in total. The first-order valence-corrected chi connectivity index (χ1v) is 6.64. The molecule has 0 aromatic carbocycles. The number of aliphatic carboxylic acids is 1. The van der Waals surface area contributed by atoms with Crippen molar-refractivity contribution in [2.75, 3.05) is 33.3 Å². The highest BCUT2D eigenvalue weighted by atomic mass is 16.5. The summed E-state index contributed by atoms with van der Waals surface area (Å²) in [7, 11) is 2.14. The molecule has 0 heterocycles. The van der Waals surface area contributed by atoms with Crippen LogP contribution in [0.5, 0.6) is 0 Å². The number of carboxylic acids is 1. The number of likely N-dealkylation sites (N-methyl/N-ethyl adjacent to an activating group) is 1. The lowest BCUT2D eigenvalue weighted by molar-refractivity contribution is -0.906. The summed E-state index contributed by atoms with van der Waals surface area (Å²) in [6.07, 6.45) is 1.55. The minimum absolute atomic E-state index is 0.119. The molecule has 0 aromatic rings. The van der Waals surface area contributed by atoms with Gasteiger partial charge in [0.2, 0.25) is 0 Å². The maximum absolute atomic E-state index is 11.4. The van der Waals surface area contributed by atoms with Gasteiger partial charge in [0.15, 0.2) is 0 Å². The smallest absolute Gasteiger partial charge is 0.305 e. The Labute approximate surface area is 109 Å². The van der Waals surface area contributed by atoms with Gasteiger partial charge in [0.05, 0.1) is 20.1 Å². The summed E-state index contributed by atoms with van der Waals surface area (Å²) < 4.78 is 6.04. The number of unbranched alkanes of at least 4 members (excludes halogenated alkanes) is 1. The van der Waals surface area contributed by atoms with Crippen molar-refractivity contribution in [3.05, 3.63) is 0 Å². The predicted octanol–water partition coefficient (Wildman–Crippen LogP) is 1.66. The van der Waals surface area contributed by atoms with Crippen LogP contribution in [0.25, 0.3) is 0 Å². The van der Waals surface area contributed by atoms with Crippen molar-refractivity contribution in [3.8, 4) is 0 Å². The maximum atomic E-state index is 11.4. The van der Waals surface area contributed by atoms with E-state index in [9.17, 15) is 9.59 Å². The van der Waals surface area contributed by atoms with Crippen LogP contribution in [0.15, 0.2) is 0 Å². The summed E-state index contributed by atoms with van der Waals surface area (Å²) in [5, 5.41) is 8.45. The average molecular weight is 260 g/mol. The van der Waals surface area contributed by atoms with Crippen molar-refractivity contribution in [3.63, 3.8) is 0 Å². The van der Waals surface area contributed by atoms with Gasteiger partial charge < -0.3 is 14.3 Å². The first kappa shape index (κ1) is 16.9. The van der Waals surface area contributed by atoms with Gasteiger partial charge in [-0.15, -0.1) is 0 Å². The molecule has 5 heteroatoms. The van der Waals surface area contributed by atoms with Gasteiger partial charge in [-0.25, -0.2) is 0 Å². The lowest BCUT2D eigenvalue weighted by Gasteiger charge is -2.31. The minimum atomic E-state index is -0.817. The molecule has 0 saturated heterocycles. The highest BCUT2D eigenvalue weighted by Gasteiger charge is 2.16. The lowest BCUT2D eigenvalue weighted by Crippen LogP contribution is -2.46. The zero-order valence-electron chi connectivity index (χ0n) is 11.8. The van der Waals surface area contributed by atoms with Crippen molar-refractivity contribution in [2.45, 2.75) is 39.5 Å². The van der Waals surface area contributed by atoms with Crippen LogP contribution in [0.2, 0.25) is 0 Å². The Morgan fingerprint density at radius 3 is 2.17 bits per heavy atom. The van der Waals surface area contributed by atoms with Gasteiger partial charge in [-0.1, -0.05) is 0 Å². The quantitative estimate of drug-likeness (QED) is 0.368. The van der Waals surface area contributed by atoms with E-state index in [0.717, 1.165) is 24.1 Å². The monoisotopic (exact) mass is 260 g/mol. The average Bonchev–Trinajstić information content (AvgIpc) is 2.34. The summed E-state index contributed by atoms with van der Waals surface area (Å²) in [4.78, 5) is 21.6. The van der Waals surface area contributed by atoms with Gasteiger partial charge in [0, 0.05) is 12.8 Å². The number of nitrogens with zero attached hydrogens (tertiary/aromatic N) is 1. The Morgan fingerprint density at radius 1 is 1.11 bits per heavy atom. The second-order valence-corrected chi connectivity index (χ2v) is 4.80. The molecule has 0 aliphatic carbocycles. The molecule has 18 heavy (non-hydrogen) atoms. The molecule has 0 bridgehead atoms. The molecule has 106 valence electrons. The fraction of sp³-hybridized carbons (Fsp3) is 0.846. The van der Waals surface area contributed by atoms with E-state index in [-0.39, 0.29) is 12.4 Å². The molecule has 0 amide bonds. The van der Waals surface area contributed by atoms with Crippen LogP contribution in [0.4, 0.5) is 0 Å². The van der Waals surface area contributed by atoms with Crippen molar-refractivity contribution in [1.29, 1.82) is 0 Å². The van der Waals surface area contributed by atoms with E-state index in [1.165, 1.54) is 0 Å². The summed E-state index contributed by atoms with van der Waals surface area (Å²) in [6.45, 7) is 7.55. The normalized spacial score (nSPS) is 11.3. The zero-order valence-corrected chi connectivity index (χ0v) is 11.8. The number of rotatable bonds is 10. The standard InChI is InChI=1S/C13H25NO4/c1-4-14(3,5-2)10-11-18-13(17)9-7-6-8-12(15)16/h4-11H2,1-3H3/p+1. The number of esters is 1. The molecule has 0 aliphatic heterocycles. The van der Waals surface area contributed by atoms with E-state index >= 15 is 0 Å². The van der Waals surface area contributed by atoms with Crippen LogP contribution in [-0.2, 0) is 14.3 Å². The van der Waals surface area contributed by atoms with Crippen molar-refractivity contribution < 1.29 is 23.9 Å². The maximum Gasteiger partial charge on any atom is 0.305 e. The van der Waals surface area contributed by atoms with E-state index in [4.69, 9.17) is 9.84 Å². The minimum Gasteiger partial charge on any atom is -0.481 e. The molecule has 0 spiro atoms. The molecule has 5 nitrogen and oxygen atoms in total. The molecule has 0 rings (SSSR count). The zero-order chi connectivity index (χ0) is 14.0. The number of carboxylic acid groups (broad SMARTS) is 1. The number of carbonyl (C=O) groups is 2. The van der Waals surface area contributed by atoms with Gasteiger partial charge in [-0.2, -0.15) is 0 Å². The van der Waals surface area contributed by atoms with Crippen LogP contribution in [0, 0.1) is 0 Å². The largest absolute Gasteiger partial charge is 0.481 e. The predicted molar refractivity (Wildman–Crippen MR) is 69.2 cm³/mol. The summed E-state index contributed by atoms with van der Waals surface area (Å²) in [5.74, 6) is -1.04. The van der Waals surface area contributed by atoms with Gasteiger partial charge in [0.1, 0.15) is 13.2 Å². The third-order valence-corrected chi connectivity index (χ3v) is 3.44. The van der Waals surface area contributed by atoms with Crippen LogP contribution in [0.3, 0.4) is 0 Å². The number of hydrogen-bond acceptors (Lipinski definition) is 3. The molecule has 0 atom stereocenters. The Morgan fingerprint density at radius 2 is 1.67 bits per heavy atom. The molecular weight excluding hydrogens is 234 g/mol. The molecule has 0 aliphatic rings. The summed E-state index contributed by atoms with van der Waals surface area (Å²) in [5.41, 5.74) is 0. The Hall–Kier alpha value is -1.10. The molecule has 0 radical (unpaired) electrons. The number of ether oxygens (including phenoxy) is 1. The fourth-order valence-electron chi connectivity index (χ4n) is 1.54. The molecule has 0 unspecified atom stereocenters. The third kappa shape index (κ3) is 8.06. The highest BCUT2D eigenvalue weighted by Crippen LogP contribution is 2.03. The van der Waals surface area contributed by atoms with E-state index in [0.29, 0.717) is 25.9 Å². The Bertz CT molecular complexity index is 262. The van der Waals surface area contributed by atoms with Gasteiger partial charge in [0.25, 0.3) is 0 Å². The second-order valence-electron chi connectivity index (χ2n) is 4.80. The van der Waals surface area contributed by atoms with E-state index in [2.05, 4.69) is 20.9 Å². The Balaban J connectivity index is 3.62. The molecule has 0 saturated carbocycles. The Kier molecular flexibility index (Phi) is 8.37. The first-order valence-electron chi connectivity index (χ1n) is 6.64. The van der Waals surface area contributed by atoms with E-state index in [1.807, 2.05) is 0 Å². The van der Waals surface area contributed by atoms with Crippen molar-refractivity contribution in [2.24, 2.45) is 0 Å². The third-order valence-electron chi connectivity index (χ3n) is 3.44. The lowest BCUT2D eigenvalue weighted by atomic mass is 10.2. The first-order chi connectivity index (χ1) is 8.43. The molecule has 0 aromatic heterocycles. The number of carbonyl (C=O) groups excluding carboxylic acids is 1. The summed E-state index contributed by atoms with van der Waals surface area (Å²) in [6, 6.07) is 0. The van der Waals surface area contributed by atoms with E-state index < -0.39 is 5.97 Å². The van der Waals surface area contributed by atoms with E-state index in [1.54, 1.807) is 0 Å². The van der Waals surface area contributed by atoms with Gasteiger partial charge in [-0.3, -0.25) is 9.59 Å². The van der Waals surface area contributed by atoms with Crippen molar-refractivity contribution in [1.82, 2.24) is 0 Å². The van der Waals surface area contributed by atoms with Crippen LogP contribution in [0.1, 0.15) is 39.5 Å². The summed E-state index contributed by atoms with van der Waals surface area (Å²) >= 11 is 0. The van der Waals surface area contributed by atoms with Gasteiger partial charge >= 0.3 is 11.9 Å². The fourth-order valence-corrected chi connectivity index (χ4v) is 1.54. The number of hydrogen-bond donors (Lipinski definition) is 1. The molecule has 0 fully saturated rings. The highest BCUT2D eigenvalue weighted by molar-refractivity contribution is 5.69. The molecular formula is C13H26NO4+. The van der Waals surface area contributed by atoms with Gasteiger partial charge in [-0.05, 0) is 26.7 Å². The topological polar surface area (TPSA) is 63.6 Å².